The molecule has 3 unspecified atom stereocenters. The Bertz CT molecular complexity index is 2000. The maximum absolute atomic E-state index is 13.1. The van der Waals surface area contributed by atoms with Gasteiger partial charge in [-0.05, 0) is 63.2 Å². The third-order valence-electron chi connectivity index (χ3n) is 18.4. The van der Waals surface area contributed by atoms with E-state index in [2.05, 4.69) is 65.8 Å². The van der Waals surface area contributed by atoms with Crippen LogP contribution in [0.5, 0.6) is 0 Å². The number of esters is 4. The minimum absolute atomic E-state index is 0.102. The molecule has 0 aromatic heterocycles. The Labute approximate surface area is 605 Å². The van der Waals surface area contributed by atoms with Crippen molar-refractivity contribution in [1.82, 2.24) is 0 Å². The summed E-state index contributed by atoms with van der Waals surface area (Å²) in [5, 5.41) is 10.6. The molecule has 0 amide bonds. The number of carbonyl (C=O) groups excluding carboxylic acids is 4. The topological polar surface area (TPSA) is 237 Å². The second-order valence-corrected chi connectivity index (χ2v) is 31.7. The number of hydrogen-bond donors (Lipinski definition) is 3. The van der Waals surface area contributed by atoms with Gasteiger partial charge in [-0.15, -0.1) is 0 Å². The molecule has 0 aromatic rings. The van der Waals surface area contributed by atoms with Crippen LogP contribution in [-0.2, 0) is 65.4 Å². The summed E-state index contributed by atoms with van der Waals surface area (Å²) in [5.74, 6) is -0.615. The van der Waals surface area contributed by atoms with Crippen molar-refractivity contribution in [1.29, 1.82) is 0 Å². The van der Waals surface area contributed by atoms with Gasteiger partial charge in [-0.25, -0.2) is 9.13 Å². The summed E-state index contributed by atoms with van der Waals surface area (Å²) < 4.78 is 68.6. The van der Waals surface area contributed by atoms with Crippen molar-refractivity contribution in [3.05, 3.63) is 24.3 Å². The molecule has 0 spiro atoms. The molecule has 0 aliphatic rings. The highest BCUT2D eigenvalue weighted by molar-refractivity contribution is 7.47. The maximum atomic E-state index is 13.1. The van der Waals surface area contributed by atoms with Crippen LogP contribution in [0.4, 0.5) is 0 Å². The van der Waals surface area contributed by atoms with Crippen LogP contribution in [0.15, 0.2) is 24.3 Å². The summed E-state index contributed by atoms with van der Waals surface area (Å²) in [7, 11) is -9.93. The van der Waals surface area contributed by atoms with Crippen LogP contribution in [-0.4, -0.2) is 96.7 Å². The van der Waals surface area contributed by atoms with E-state index in [4.69, 9.17) is 37.0 Å². The number of unbranched alkanes of at least 4 members (excludes halogenated alkanes) is 43. The van der Waals surface area contributed by atoms with Gasteiger partial charge in [-0.2, -0.15) is 0 Å². The molecule has 3 N–H and O–H groups in total. The number of carbonyl (C=O) groups is 4. The van der Waals surface area contributed by atoms with Crippen molar-refractivity contribution in [2.75, 3.05) is 39.6 Å². The fourth-order valence-corrected chi connectivity index (χ4v) is 13.4. The highest BCUT2D eigenvalue weighted by atomic mass is 31.2. The largest absolute Gasteiger partial charge is 0.472 e. The first kappa shape index (κ1) is 96.5. The van der Waals surface area contributed by atoms with Crippen molar-refractivity contribution in [2.24, 2.45) is 11.8 Å². The van der Waals surface area contributed by atoms with Crippen molar-refractivity contribution >= 4 is 39.5 Å². The second-order valence-electron chi connectivity index (χ2n) is 28.8. The Hall–Kier alpha value is -2.46. The summed E-state index contributed by atoms with van der Waals surface area (Å²) in [5.41, 5.74) is 0. The number of phosphoric ester groups is 2. The third-order valence-corrected chi connectivity index (χ3v) is 20.3. The molecule has 17 nitrogen and oxygen atoms in total. The lowest BCUT2D eigenvalue weighted by molar-refractivity contribution is -0.161. The third kappa shape index (κ3) is 72.3. The zero-order chi connectivity index (χ0) is 72.8. The molecule has 6 atom stereocenters. The van der Waals surface area contributed by atoms with E-state index in [9.17, 15) is 43.2 Å². The zero-order valence-electron chi connectivity index (χ0n) is 64.3. The van der Waals surface area contributed by atoms with Gasteiger partial charge in [0.05, 0.1) is 26.4 Å². The van der Waals surface area contributed by atoms with Crippen LogP contribution in [0.1, 0.15) is 395 Å². The summed E-state index contributed by atoms with van der Waals surface area (Å²) in [6.07, 6.45) is 63.2. The average Bonchev–Trinajstić information content (AvgIpc) is 0.958. The van der Waals surface area contributed by atoms with Crippen LogP contribution in [0.3, 0.4) is 0 Å². The van der Waals surface area contributed by atoms with Crippen LogP contribution in [0, 0.1) is 11.8 Å². The average molecular weight is 1450 g/mol. The van der Waals surface area contributed by atoms with Crippen molar-refractivity contribution < 1.29 is 80.2 Å². The van der Waals surface area contributed by atoms with E-state index in [-0.39, 0.29) is 25.7 Å². The van der Waals surface area contributed by atoms with Gasteiger partial charge >= 0.3 is 39.5 Å². The molecule has 0 aliphatic heterocycles. The number of aliphatic hydroxyl groups is 1. The molecule has 0 radical (unpaired) electrons. The van der Waals surface area contributed by atoms with Gasteiger partial charge in [0, 0.05) is 25.7 Å². The molecular weight excluding hydrogens is 1290 g/mol. The standard InChI is InChI=1S/C80H152O17P2/c1-7-10-12-14-16-18-20-22-24-25-26-27-29-31-33-38-46-52-58-64-79(84)96-75(68-90-77(82)62-56-50-44-37-32-30-28-23-21-19-17-15-13-11-8-2)70-94-98(86,87)92-66-74(81)67-93-99(88,89)95-71-76(69-91-78(83)63-57-51-45-41-40-42-48-54-60-72(4)5)97-80(85)65-59-53-47-39-35-34-36-43-49-55-61-73(6)9-3/h19,21,23,28,72-76,81H,7-18,20,22,24-27,29-71H2,1-6H3,(H,86,87)(H,88,89)/b21-19-,28-23-/t73?,74-,75-,76-/m1/s1. The van der Waals surface area contributed by atoms with Gasteiger partial charge in [0.2, 0.25) is 0 Å². The first-order valence-electron chi connectivity index (χ1n) is 40.8. The summed E-state index contributed by atoms with van der Waals surface area (Å²) in [4.78, 5) is 73.0. The Morgan fingerprint density at radius 3 is 0.909 bits per heavy atom. The highest BCUT2D eigenvalue weighted by Crippen LogP contribution is 2.45. The van der Waals surface area contributed by atoms with Crippen molar-refractivity contribution in [3.8, 4) is 0 Å². The number of hydrogen-bond acceptors (Lipinski definition) is 15. The molecule has 0 rings (SSSR count). The minimum atomic E-state index is -4.97. The first-order valence-corrected chi connectivity index (χ1v) is 43.8. The summed E-state index contributed by atoms with van der Waals surface area (Å²) in [6.45, 7) is 9.55. The van der Waals surface area contributed by atoms with E-state index >= 15 is 0 Å². The van der Waals surface area contributed by atoms with E-state index in [1.807, 2.05) is 0 Å². The van der Waals surface area contributed by atoms with E-state index in [0.717, 1.165) is 121 Å². The van der Waals surface area contributed by atoms with Crippen LogP contribution < -0.4 is 0 Å². The fourth-order valence-electron chi connectivity index (χ4n) is 11.8. The molecule has 0 fully saturated rings. The Kier molecular flexibility index (Phi) is 69.4. The highest BCUT2D eigenvalue weighted by Gasteiger charge is 2.30. The second kappa shape index (κ2) is 71.2. The molecular formula is C80H152O17P2. The number of allylic oxidation sites excluding steroid dienone is 4. The zero-order valence-corrected chi connectivity index (χ0v) is 66.1. The fraction of sp³-hybridized carbons (Fsp3) is 0.900. The molecule has 0 saturated carbocycles. The predicted octanol–water partition coefficient (Wildman–Crippen LogP) is 23.4. The Morgan fingerprint density at radius 1 is 0.333 bits per heavy atom. The van der Waals surface area contributed by atoms with E-state index in [0.29, 0.717) is 25.7 Å². The quantitative estimate of drug-likeness (QED) is 0.0169. The van der Waals surface area contributed by atoms with E-state index in [1.54, 1.807) is 0 Å². The number of ether oxygens (including phenoxy) is 4. The lowest BCUT2D eigenvalue weighted by atomic mass is 9.99. The Morgan fingerprint density at radius 2 is 0.596 bits per heavy atom. The lowest BCUT2D eigenvalue weighted by Crippen LogP contribution is -2.30. The lowest BCUT2D eigenvalue weighted by Gasteiger charge is -2.21. The SMILES string of the molecule is CCCCCC/C=C\C=C/CCCCCCCC(=O)OC[C@H](COP(=O)(O)OC[C@@H](O)COP(=O)(O)OC[C@@H](COC(=O)CCCCCCCCCCC(C)C)OC(=O)CCCCCCCCCCCCC(C)CC)OC(=O)CCCCCCCCCCCCCCCCCCCCC. The van der Waals surface area contributed by atoms with Crippen LogP contribution in [0.25, 0.3) is 0 Å². The summed E-state index contributed by atoms with van der Waals surface area (Å²) in [6, 6.07) is 0. The van der Waals surface area contributed by atoms with Crippen molar-refractivity contribution in [3.63, 3.8) is 0 Å². The monoisotopic (exact) mass is 1450 g/mol. The van der Waals surface area contributed by atoms with Crippen molar-refractivity contribution in [2.45, 2.75) is 413 Å². The Balaban J connectivity index is 5.29. The molecule has 0 aliphatic carbocycles. The number of rotatable bonds is 77. The van der Waals surface area contributed by atoms with Gasteiger partial charge in [0.1, 0.15) is 19.3 Å². The van der Waals surface area contributed by atoms with Gasteiger partial charge in [-0.1, -0.05) is 342 Å². The van der Waals surface area contributed by atoms with Gasteiger partial charge < -0.3 is 33.8 Å². The molecule has 99 heavy (non-hydrogen) atoms. The van der Waals surface area contributed by atoms with Crippen LogP contribution >= 0.6 is 15.6 Å². The van der Waals surface area contributed by atoms with Gasteiger partial charge in [0.15, 0.2) is 12.2 Å². The molecule has 0 aromatic carbocycles. The predicted molar refractivity (Wildman–Crippen MR) is 404 cm³/mol. The normalized spacial score (nSPS) is 14.4. The first-order chi connectivity index (χ1) is 47.9. The number of phosphoric acid groups is 2. The molecule has 0 heterocycles. The van der Waals surface area contributed by atoms with E-state index in [1.165, 1.54) is 193 Å². The van der Waals surface area contributed by atoms with Crippen LogP contribution in [0.2, 0.25) is 0 Å². The molecule has 0 bridgehead atoms. The minimum Gasteiger partial charge on any atom is -0.462 e. The maximum Gasteiger partial charge on any atom is 0.472 e. The smallest absolute Gasteiger partial charge is 0.462 e. The van der Waals surface area contributed by atoms with Gasteiger partial charge in [0.25, 0.3) is 0 Å². The van der Waals surface area contributed by atoms with Gasteiger partial charge in [-0.3, -0.25) is 37.3 Å². The summed E-state index contributed by atoms with van der Waals surface area (Å²) >= 11 is 0. The van der Waals surface area contributed by atoms with E-state index < -0.39 is 97.5 Å². The number of aliphatic hydroxyl groups excluding tert-OH is 1. The molecule has 19 heteroatoms. The molecule has 584 valence electrons. The molecule has 0 saturated heterocycles.